The van der Waals surface area contributed by atoms with Gasteiger partial charge in [-0.1, -0.05) is 41.9 Å². The predicted molar refractivity (Wildman–Crippen MR) is 126 cm³/mol. The van der Waals surface area contributed by atoms with Crippen LogP contribution in [-0.2, 0) is 20.9 Å². The maximum atomic E-state index is 12.6. The maximum absolute atomic E-state index is 12.6. The lowest BCUT2D eigenvalue weighted by atomic mass is 10.1. The van der Waals surface area contributed by atoms with Crippen LogP contribution in [0.1, 0.15) is 18.2 Å². The average molecular weight is 454 g/mol. The monoisotopic (exact) mass is 453 g/mol. The highest BCUT2D eigenvalue weighted by atomic mass is 35.5. The number of amides is 1. The number of aliphatic imine (C=N–C) groups is 1. The number of fused-ring (bicyclic) bond motifs is 1. The van der Waals surface area contributed by atoms with E-state index < -0.39 is 0 Å². The summed E-state index contributed by atoms with van der Waals surface area (Å²) in [6.45, 7) is 4.16. The second kappa shape index (κ2) is 8.99. The highest BCUT2D eigenvalue weighted by molar-refractivity contribution is 8.18. The van der Waals surface area contributed by atoms with Crippen LogP contribution in [0.4, 0.5) is 5.69 Å². The number of carbonyl (C=O) groups is 2. The van der Waals surface area contributed by atoms with Crippen molar-refractivity contribution in [2.24, 2.45) is 4.99 Å². The van der Waals surface area contributed by atoms with Crippen LogP contribution < -0.4 is 5.32 Å². The number of para-hydroxylation sites is 2. The van der Waals surface area contributed by atoms with Crippen molar-refractivity contribution in [3.05, 3.63) is 69.7 Å². The first kappa shape index (κ1) is 21.2. The summed E-state index contributed by atoms with van der Waals surface area (Å²) in [5.41, 5.74) is 3.27. The molecule has 0 unspecified atom stereocenters. The number of esters is 1. The molecule has 158 valence electrons. The van der Waals surface area contributed by atoms with E-state index in [0.29, 0.717) is 27.4 Å². The highest BCUT2D eigenvalue weighted by Gasteiger charge is 2.25. The van der Waals surface area contributed by atoms with Gasteiger partial charge in [0.1, 0.15) is 6.54 Å². The van der Waals surface area contributed by atoms with E-state index in [1.807, 2.05) is 54.0 Å². The normalized spacial score (nSPS) is 16.3. The van der Waals surface area contributed by atoms with Crippen LogP contribution in [0.15, 0.2) is 58.4 Å². The molecular weight excluding hydrogens is 434 g/mol. The second-order valence-electron chi connectivity index (χ2n) is 6.84. The summed E-state index contributed by atoms with van der Waals surface area (Å²) < 4.78 is 7.03. The summed E-state index contributed by atoms with van der Waals surface area (Å²) in [5, 5.41) is 4.73. The number of benzene rings is 2. The molecule has 1 amide bonds. The minimum absolute atomic E-state index is 0.113. The number of nitrogens with one attached hydrogen (secondary N) is 1. The number of thioether (sulfide) groups is 1. The first-order valence-electron chi connectivity index (χ1n) is 9.75. The lowest BCUT2D eigenvalue weighted by Gasteiger charge is -2.07. The van der Waals surface area contributed by atoms with Gasteiger partial charge in [-0.3, -0.25) is 9.59 Å². The molecule has 1 fully saturated rings. The molecule has 0 aliphatic carbocycles. The first-order valence-corrected chi connectivity index (χ1v) is 10.9. The largest absolute Gasteiger partial charge is 0.465 e. The number of amidine groups is 1. The van der Waals surface area contributed by atoms with Gasteiger partial charge in [-0.2, -0.15) is 0 Å². The van der Waals surface area contributed by atoms with Crippen LogP contribution in [0.5, 0.6) is 0 Å². The van der Waals surface area contributed by atoms with E-state index in [4.69, 9.17) is 16.3 Å². The van der Waals surface area contributed by atoms with Gasteiger partial charge in [-0.05, 0) is 49.9 Å². The maximum Gasteiger partial charge on any atom is 0.325 e. The first-order chi connectivity index (χ1) is 15.0. The van der Waals surface area contributed by atoms with E-state index in [0.717, 1.165) is 22.2 Å². The SMILES string of the molecule is CCOC(=O)Cn1c(C)c(/C=C2\SC(=Nc3ccccc3Cl)NC2=O)c2ccccc21. The van der Waals surface area contributed by atoms with E-state index >= 15 is 0 Å². The van der Waals surface area contributed by atoms with Gasteiger partial charge in [0.2, 0.25) is 0 Å². The Morgan fingerprint density at radius 3 is 2.74 bits per heavy atom. The molecular formula is C23H20ClN3O3S. The van der Waals surface area contributed by atoms with Crippen LogP contribution in [0.25, 0.3) is 17.0 Å². The molecule has 0 atom stereocenters. The van der Waals surface area contributed by atoms with Crippen molar-refractivity contribution in [2.75, 3.05) is 6.61 Å². The molecule has 2 aromatic carbocycles. The van der Waals surface area contributed by atoms with E-state index in [-0.39, 0.29) is 18.4 Å². The topological polar surface area (TPSA) is 72.7 Å². The predicted octanol–water partition coefficient (Wildman–Crippen LogP) is 5.06. The Morgan fingerprint density at radius 2 is 1.97 bits per heavy atom. The van der Waals surface area contributed by atoms with Crippen molar-refractivity contribution in [2.45, 2.75) is 20.4 Å². The highest BCUT2D eigenvalue weighted by Crippen LogP contribution is 2.34. The third-order valence-electron chi connectivity index (χ3n) is 4.87. The van der Waals surface area contributed by atoms with E-state index in [1.54, 1.807) is 19.1 Å². The summed E-state index contributed by atoms with van der Waals surface area (Å²) in [7, 11) is 0. The Kier molecular flexibility index (Phi) is 6.15. The third kappa shape index (κ3) is 4.38. The van der Waals surface area contributed by atoms with Gasteiger partial charge < -0.3 is 14.6 Å². The number of halogens is 1. The standard InChI is InChI=1S/C23H20ClN3O3S/c1-3-30-21(28)13-27-14(2)16(15-8-4-7-11-19(15)27)12-20-22(29)26-23(31-20)25-18-10-6-5-9-17(18)24/h4-12H,3,13H2,1-2H3,(H,25,26,29)/b20-12-. The van der Waals surface area contributed by atoms with Gasteiger partial charge in [0.15, 0.2) is 5.17 Å². The van der Waals surface area contributed by atoms with Gasteiger partial charge in [-0.25, -0.2) is 4.99 Å². The van der Waals surface area contributed by atoms with Crippen molar-refractivity contribution < 1.29 is 14.3 Å². The second-order valence-corrected chi connectivity index (χ2v) is 8.28. The fourth-order valence-corrected chi connectivity index (χ4v) is 4.44. The fraction of sp³-hybridized carbons (Fsp3) is 0.174. The van der Waals surface area contributed by atoms with Crippen LogP contribution in [0, 0.1) is 6.92 Å². The number of aromatic nitrogens is 1. The smallest absolute Gasteiger partial charge is 0.325 e. The molecule has 31 heavy (non-hydrogen) atoms. The zero-order valence-electron chi connectivity index (χ0n) is 17.0. The van der Waals surface area contributed by atoms with Crippen molar-refractivity contribution in [1.82, 2.24) is 9.88 Å². The van der Waals surface area contributed by atoms with Gasteiger partial charge in [0, 0.05) is 22.2 Å². The van der Waals surface area contributed by atoms with Crippen molar-refractivity contribution in [1.29, 1.82) is 0 Å². The lowest BCUT2D eigenvalue weighted by molar-refractivity contribution is -0.143. The Hall–Kier alpha value is -3.03. The molecule has 4 rings (SSSR count). The Balaban J connectivity index is 1.71. The molecule has 1 aliphatic heterocycles. The van der Waals surface area contributed by atoms with Gasteiger partial charge >= 0.3 is 5.97 Å². The minimum atomic E-state index is -0.298. The molecule has 0 spiro atoms. The molecule has 3 aromatic rings. The quantitative estimate of drug-likeness (QED) is 0.433. The van der Waals surface area contributed by atoms with Crippen molar-refractivity contribution in [3.8, 4) is 0 Å². The number of rotatable bonds is 5. The van der Waals surface area contributed by atoms with Crippen molar-refractivity contribution in [3.63, 3.8) is 0 Å². The zero-order valence-corrected chi connectivity index (χ0v) is 18.6. The number of ether oxygens (including phenoxy) is 1. The summed E-state index contributed by atoms with van der Waals surface area (Å²) in [4.78, 5) is 29.7. The molecule has 1 aliphatic rings. The van der Waals surface area contributed by atoms with Crippen molar-refractivity contribution >= 4 is 63.1 Å². The molecule has 0 radical (unpaired) electrons. The molecule has 1 aromatic heterocycles. The minimum Gasteiger partial charge on any atom is -0.465 e. The summed E-state index contributed by atoms with van der Waals surface area (Å²) in [5.74, 6) is -0.523. The van der Waals surface area contributed by atoms with Crippen LogP contribution in [0.3, 0.4) is 0 Å². The number of hydrogen-bond acceptors (Lipinski definition) is 5. The zero-order chi connectivity index (χ0) is 22.0. The lowest BCUT2D eigenvalue weighted by Crippen LogP contribution is -2.19. The Bertz CT molecular complexity index is 1250. The van der Waals surface area contributed by atoms with Gasteiger partial charge in [-0.15, -0.1) is 0 Å². The number of carbonyl (C=O) groups excluding carboxylic acids is 2. The van der Waals surface area contributed by atoms with E-state index in [2.05, 4.69) is 10.3 Å². The van der Waals surface area contributed by atoms with E-state index in [9.17, 15) is 9.59 Å². The summed E-state index contributed by atoms with van der Waals surface area (Å²) in [6.07, 6.45) is 1.84. The van der Waals surface area contributed by atoms with Crippen LogP contribution >= 0.6 is 23.4 Å². The fourth-order valence-electron chi connectivity index (χ4n) is 3.44. The summed E-state index contributed by atoms with van der Waals surface area (Å²) >= 11 is 7.43. The molecule has 1 saturated heterocycles. The average Bonchev–Trinajstić information content (AvgIpc) is 3.22. The van der Waals surface area contributed by atoms with E-state index in [1.165, 1.54) is 11.8 Å². The summed E-state index contributed by atoms with van der Waals surface area (Å²) in [6, 6.07) is 15.0. The Morgan fingerprint density at radius 1 is 1.23 bits per heavy atom. The molecule has 8 heteroatoms. The third-order valence-corrected chi connectivity index (χ3v) is 6.10. The number of hydrogen-bond donors (Lipinski definition) is 1. The molecule has 6 nitrogen and oxygen atoms in total. The van der Waals surface area contributed by atoms with Crippen LogP contribution in [0.2, 0.25) is 5.02 Å². The van der Waals surface area contributed by atoms with Crippen LogP contribution in [-0.4, -0.2) is 28.2 Å². The molecule has 0 bridgehead atoms. The van der Waals surface area contributed by atoms with Gasteiger partial charge in [0.25, 0.3) is 5.91 Å². The molecule has 0 saturated carbocycles. The van der Waals surface area contributed by atoms with Gasteiger partial charge in [0.05, 0.1) is 22.2 Å². The molecule has 1 N–H and O–H groups in total. The molecule has 2 heterocycles. The number of nitrogens with zero attached hydrogens (tertiary/aromatic N) is 2. The Labute approximate surface area is 188 Å².